The number of halogens is 2. The van der Waals surface area contributed by atoms with Gasteiger partial charge >= 0.3 is 0 Å². The maximum absolute atomic E-state index is 13.2. The maximum atomic E-state index is 13.2. The minimum absolute atomic E-state index is 0.108. The largest absolute Gasteiger partial charge is 0.366 e. The highest BCUT2D eigenvalue weighted by Gasteiger charge is 2.11. The molecule has 7 heteroatoms. The molecule has 5 nitrogen and oxygen atoms in total. The lowest BCUT2D eigenvalue weighted by atomic mass is 10.1. The van der Waals surface area contributed by atoms with Crippen LogP contribution in [0.2, 0.25) is 0 Å². The monoisotopic (exact) mass is 354 g/mol. The molecule has 0 bridgehead atoms. The highest BCUT2D eigenvalue weighted by molar-refractivity contribution is 6.03. The van der Waals surface area contributed by atoms with Gasteiger partial charge in [-0.15, -0.1) is 0 Å². The average molecular weight is 354 g/mol. The zero-order valence-corrected chi connectivity index (χ0v) is 14.0. The van der Waals surface area contributed by atoms with Crippen molar-refractivity contribution in [3.63, 3.8) is 0 Å². The van der Waals surface area contributed by atoms with Crippen LogP contribution in [-0.4, -0.2) is 15.9 Å². The van der Waals surface area contributed by atoms with Crippen molar-refractivity contribution in [1.82, 2.24) is 9.97 Å². The van der Waals surface area contributed by atoms with Crippen LogP contribution in [0.4, 0.5) is 20.3 Å². The third-order valence-electron chi connectivity index (χ3n) is 3.63. The Hall–Kier alpha value is -3.35. The fourth-order valence-electron chi connectivity index (χ4n) is 2.36. The molecule has 0 saturated heterocycles. The molecule has 3 aromatic rings. The molecule has 0 aliphatic rings. The van der Waals surface area contributed by atoms with Crippen LogP contribution in [0.5, 0.6) is 0 Å². The van der Waals surface area contributed by atoms with Crippen molar-refractivity contribution in [2.45, 2.75) is 13.5 Å². The average Bonchev–Trinajstić information content (AvgIpc) is 2.63. The zero-order valence-electron chi connectivity index (χ0n) is 14.0. The van der Waals surface area contributed by atoms with E-state index < -0.39 is 17.5 Å². The molecule has 0 radical (unpaired) electrons. The van der Waals surface area contributed by atoms with Crippen LogP contribution in [0, 0.1) is 18.6 Å². The second-order valence-electron chi connectivity index (χ2n) is 5.71. The number of carbonyl (C=O) groups is 1. The molecule has 26 heavy (non-hydrogen) atoms. The van der Waals surface area contributed by atoms with Crippen LogP contribution in [-0.2, 0) is 6.54 Å². The van der Waals surface area contributed by atoms with Gasteiger partial charge in [0, 0.05) is 24.4 Å². The number of hydrogen-bond acceptors (Lipinski definition) is 4. The topological polar surface area (TPSA) is 66.9 Å². The number of aryl methyl sites for hydroxylation is 1. The van der Waals surface area contributed by atoms with E-state index in [4.69, 9.17) is 0 Å². The van der Waals surface area contributed by atoms with E-state index >= 15 is 0 Å². The van der Waals surface area contributed by atoms with Crippen LogP contribution >= 0.6 is 0 Å². The van der Waals surface area contributed by atoms with E-state index in [1.165, 1.54) is 18.5 Å². The van der Waals surface area contributed by atoms with Gasteiger partial charge in [-0.2, -0.15) is 0 Å². The lowest BCUT2D eigenvalue weighted by Gasteiger charge is -2.08. The fraction of sp³-hybridized carbons (Fsp3) is 0.105. The predicted molar refractivity (Wildman–Crippen MR) is 94.8 cm³/mol. The molecule has 1 heterocycles. The van der Waals surface area contributed by atoms with Crippen molar-refractivity contribution in [3.8, 4) is 0 Å². The van der Waals surface area contributed by atoms with E-state index in [0.29, 0.717) is 12.4 Å². The van der Waals surface area contributed by atoms with Gasteiger partial charge < -0.3 is 10.6 Å². The quantitative estimate of drug-likeness (QED) is 0.729. The maximum Gasteiger partial charge on any atom is 0.274 e. The third-order valence-corrected chi connectivity index (χ3v) is 3.63. The van der Waals surface area contributed by atoms with E-state index in [1.54, 1.807) is 0 Å². The molecule has 0 spiro atoms. The van der Waals surface area contributed by atoms with Crippen LogP contribution in [0.25, 0.3) is 0 Å². The Morgan fingerprint density at radius 2 is 1.88 bits per heavy atom. The molecular weight excluding hydrogens is 338 g/mol. The minimum atomic E-state index is -1.04. The summed E-state index contributed by atoms with van der Waals surface area (Å²) in [7, 11) is 0. The fourth-order valence-corrected chi connectivity index (χ4v) is 2.36. The summed E-state index contributed by atoms with van der Waals surface area (Å²) in [6, 6.07) is 12.6. The number of anilines is 2. The molecule has 0 aliphatic carbocycles. The number of benzene rings is 2. The molecule has 0 fully saturated rings. The number of carbonyl (C=O) groups excluding carboxylic acids is 1. The van der Waals surface area contributed by atoms with Crippen molar-refractivity contribution < 1.29 is 13.6 Å². The summed E-state index contributed by atoms with van der Waals surface area (Å²) in [5.41, 5.74) is 2.48. The van der Waals surface area contributed by atoms with Crippen LogP contribution < -0.4 is 10.6 Å². The molecule has 0 unspecified atom stereocenters. The molecule has 0 saturated carbocycles. The predicted octanol–water partition coefficient (Wildman–Crippen LogP) is 3.93. The Kier molecular flexibility index (Phi) is 5.17. The third kappa shape index (κ3) is 4.38. The summed E-state index contributed by atoms with van der Waals surface area (Å²) in [4.78, 5) is 20.2. The van der Waals surface area contributed by atoms with Gasteiger partial charge in [0.25, 0.3) is 5.91 Å². The first-order valence-corrected chi connectivity index (χ1v) is 7.89. The Bertz CT molecular complexity index is 946. The van der Waals surface area contributed by atoms with Gasteiger partial charge in [0.1, 0.15) is 17.8 Å². The molecule has 0 atom stereocenters. The number of amides is 1. The second kappa shape index (κ2) is 7.69. The number of hydrogen-bond donors (Lipinski definition) is 2. The van der Waals surface area contributed by atoms with Gasteiger partial charge in [0.2, 0.25) is 0 Å². The summed E-state index contributed by atoms with van der Waals surface area (Å²) < 4.78 is 26.2. The summed E-state index contributed by atoms with van der Waals surface area (Å²) in [5, 5.41) is 5.59. The number of nitrogens with zero attached hydrogens (tertiary/aromatic N) is 2. The van der Waals surface area contributed by atoms with Crippen LogP contribution in [0.15, 0.2) is 54.9 Å². The highest BCUT2D eigenvalue weighted by atomic mass is 19.2. The van der Waals surface area contributed by atoms with E-state index in [0.717, 1.165) is 23.3 Å². The SMILES string of the molecule is Cc1cccc(CNc2cc(C(=O)Nc3ccc(F)c(F)c3)ncn2)c1. The van der Waals surface area contributed by atoms with Gasteiger partial charge in [-0.25, -0.2) is 18.7 Å². The molecule has 2 N–H and O–H groups in total. The van der Waals surface area contributed by atoms with E-state index in [9.17, 15) is 13.6 Å². The summed E-state index contributed by atoms with van der Waals surface area (Å²) >= 11 is 0. The van der Waals surface area contributed by atoms with Crippen LogP contribution in [0.1, 0.15) is 21.6 Å². The summed E-state index contributed by atoms with van der Waals surface area (Å²) in [6.07, 6.45) is 1.26. The smallest absolute Gasteiger partial charge is 0.274 e. The Balaban J connectivity index is 1.67. The van der Waals surface area contributed by atoms with E-state index in [2.05, 4.69) is 20.6 Å². The van der Waals surface area contributed by atoms with Gasteiger partial charge in [0.15, 0.2) is 11.6 Å². The van der Waals surface area contributed by atoms with E-state index in [-0.39, 0.29) is 11.4 Å². The van der Waals surface area contributed by atoms with Crippen molar-refractivity contribution >= 4 is 17.4 Å². The standard InChI is InChI=1S/C19H16F2N4O/c1-12-3-2-4-13(7-12)10-22-18-9-17(23-11-24-18)19(26)25-14-5-6-15(20)16(21)8-14/h2-9,11H,10H2,1H3,(H,25,26)(H,22,23,24). The van der Waals surface area contributed by atoms with Gasteiger partial charge in [-0.05, 0) is 24.6 Å². The second-order valence-corrected chi connectivity index (χ2v) is 5.71. The summed E-state index contributed by atoms with van der Waals surface area (Å²) in [6.45, 7) is 2.55. The Morgan fingerprint density at radius 1 is 1.04 bits per heavy atom. The lowest BCUT2D eigenvalue weighted by molar-refractivity contribution is 0.102. The van der Waals surface area contributed by atoms with Crippen molar-refractivity contribution in [1.29, 1.82) is 0 Å². The molecule has 0 aliphatic heterocycles. The molecule has 3 rings (SSSR count). The number of aromatic nitrogens is 2. The molecule has 132 valence electrons. The minimum Gasteiger partial charge on any atom is -0.366 e. The number of nitrogens with one attached hydrogen (secondary N) is 2. The molecular formula is C19H16F2N4O. The molecule has 2 aromatic carbocycles. The van der Waals surface area contributed by atoms with Gasteiger partial charge in [0.05, 0.1) is 0 Å². The van der Waals surface area contributed by atoms with Crippen LogP contribution in [0.3, 0.4) is 0 Å². The van der Waals surface area contributed by atoms with Crippen molar-refractivity contribution in [2.75, 3.05) is 10.6 Å². The molecule has 1 amide bonds. The lowest BCUT2D eigenvalue weighted by Crippen LogP contribution is -2.15. The van der Waals surface area contributed by atoms with Gasteiger partial charge in [-0.3, -0.25) is 4.79 Å². The van der Waals surface area contributed by atoms with E-state index in [1.807, 2.05) is 31.2 Å². The first-order chi connectivity index (χ1) is 12.5. The Morgan fingerprint density at radius 3 is 2.65 bits per heavy atom. The molecule has 1 aromatic heterocycles. The van der Waals surface area contributed by atoms with Gasteiger partial charge in [-0.1, -0.05) is 29.8 Å². The first-order valence-electron chi connectivity index (χ1n) is 7.89. The summed E-state index contributed by atoms with van der Waals surface area (Å²) in [5.74, 6) is -2.08. The Labute approximate surface area is 149 Å². The normalized spacial score (nSPS) is 10.4. The zero-order chi connectivity index (χ0) is 18.5. The highest BCUT2D eigenvalue weighted by Crippen LogP contribution is 2.15. The van der Waals surface area contributed by atoms with Crippen molar-refractivity contribution in [3.05, 3.63) is 83.3 Å². The first kappa shape index (κ1) is 17.5. The van der Waals surface area contributed by atoms with Crippen molar-refractivity contribution in [2.24, 2.45) is 0 Å². The number of rotatable bonds is 5.